The van der Waals surface area contributed by atoms with Crippen molar-refractivity contribution in [1.82, 2.24) is 4.90 Å². The first-order chi connectivity index (χ1) is 22.1. The molecule has 2 bridgehead atoms. The summed E-state index contributed by atoms with van der Waals surface area (Å²) >= 11 is 0. The lowest BCUT2D eigenvalue weighted by atomic mass is 9.50. The molecule has 47 heavy (non-hydrogen) atoms. The predicted molar refractivity (Wildman–Crippen MR) is 165 cm³/mol. The van der Waals surface area contributed by atoms with Gasteiger partial charge in [0.25, 0.3) is 0 Å². The van der Waals surface area contributed by atoms with Gasteiger partial charge in [0.1, 0.15) is 11.4 Å². The Balaban J connectivity index is 1.35. The molecule has 2 heterocycles. The summed E-state index contributed by atoms with van der Waals surface area (Å²) in [4.78, 5) is 53.6. The fraction of sp³-hybridized carbons (Fsp3) is 0.647. The van der Waals surface area contributed by atoms with Gasteiger partial charge in [-0.15, -0.1) is 0 Å². The first-order valence-corrected chi connectivity index (χ1v) is 16.1. The second-order valence-electron chi connectivity index (χ2n) is 13.6. The molecule has 1 saturated heterocycles. The molecule has 2 aliphatic carbocycles. The van der Waals surface area contributed by atoms with Crippen LogP contribution >= 0.6 is 0 Å². The number of methoxy groups -OCH3 is 1. The summed E-state index contributed by atoms with van der Waals surface area (Å²) in [6.45, 7) is 8.83. The molecule has 13 nitrogen and oxygen atoms in total. The van der Waals surface area contributed by atoms with Crippen molar-refractivity contribution in [3.8, 4) is 11.5 Å². The van der Waals surface area contributed by atoms with Crippen LogP contribution in [-0.4, -0.2) is 96.9 Å². The summed E-state index contributed by atoms with van der Waals surface area (Å²) in [6, 6.07) is 3.65. The van der Waals surface area contributed by atoms with E-state index in [1.54, 1.807) is 34.0 Å². The summed E-state index contributed by atoms with van der Waals surface area (Å²) in [5, 5.41) is 12.4. The first-order valence-electron chi connectivity index (χ1n) is 16.1. The number of hydrogen-bond acceptors (Lipinski definition) is 13. The van der Waals surface area contributed by atoms with Crippen LogP contribution in [0.1, 0.15) is 77.8 Å². The molecule has 1 aromatic carbocycles. The summed E-state index contributed by atoms with van der Waals surface area (Å²) < 4.78 is 38.7. The van der Waals surface area contributed by atoms with E-state index in [0.29, 0.717) is 37.3 Å². The van der Waals surface area contributed by atoms with Crippen molar-refractivity contribution in [1.29, 1.82) is 0 Å². The monoisotopic (exact) mass is 659 g/mol. The second-order valence-corrected chi connectivity index (χ2v) is 13.6. The number of rotatable bonds is 11. The van der Waals surface area contributed by atoms with Crippen molar-refractivity contribution in [3.05, 3.63) is 35.1 Å². The number of piperidine rings is 1. The fourth-order valence-corrected chi connectivity index (χ4v) is 7.20. The Morgan fingerprint density at radius 2 is 1.89 bits per heavy atom. The van der Waals surface area contributed by atoms with Crippen LogP contribution in [-0.2, 0) is 49.9 Å². The minimum Gasteiger partial charge on any atom is -0.493 e. The fourth-order valence-electron chi connectivity index (χ4n) is 7.20. The lowest BCUT2D eigenvalue weighted by Crippen LogP contribution is -2.74. The number of ether oxygens (including phenoxy) is 7. The van der Waals surface area contributed by atoms with Crippen LogP contribution in [0.4, 0.5) is 4.79 Å². The second kappa shape index (κ2) is 13.0. The SMILES string of the molecule is CCCCOC(=O)[C@H](CC(=O)OC1=CC[C@@]2(O)[C@H]3Cc4ccc(OC)c5c4[C@@]2(CCN3C)[C@H]1O5)OC(=O)[C@H](C)OC(=O)OC(C)(C)C. The van der Waals surface area contributed by atoms with Crippen molar-refractivity contribution in [2.45, 2.75) is 114 Å². The minimum absolute atomic E-state index is 0.0581. The van der Waals surface area contributed by atoms with Crippen LogP contribution in [0.3, 0.4) is 0 Å². The molecule has 2 aliphatic heterocycles. The normalized spacial score (nSPS) is 26.9. The van der Waals surface area contributed by atoms with Crippen molar-refractivity contribution >= 4 is 24.1 Å². The average Bonchev–Trinajstić information content (AvgIpc) is 3.35. The summed E-state index contributed by atoms with van der Waals surface area (Å²) in [5.74, 6) is -1.66. The van der Waals surface area contributed by atoms with Crippen LogP contribution in [0.5, 0.6) is 11.5 Å². The van der Waals surface area contributed by atoms with E-state index < -0.39 is 65.4 Å². The number of carbonyl (C=O) groups is 4. The Labute approximate surface area is 274 Å². The van der Waals surface area contributed by atoms with E-state index in [9.17, 15) is 24.3 Å². The van der Waals surface area contributed by atoms with Crippen LogP contribution < -0.4 is 9.47 Å². The zero-order chi connectivity index (χ0) is 34.3. The molecule has 0 unspecified atom stereocenters. The Hall–Kier alpha value is -3.84. The molecule has 5 rings (SSSR count). The molecule has 13 heteroatoms. The van der Waals surface area contributed by atoms with Gasteiger partial charge >= 0.3 is 24.1 Å². The molecule has 0 saturated carbocycles. The molecular weight excluding hydrogens is 614 g/mol. The maximum absolute atomic E-state index is 13.5. The van der Waals surface area contributed by atoms with Gasteiger partial charge in [0, 0.05) is 18.0 Å². The van der Waals surface area contributed by atoms with Crippen LogP contribution in [0.2, 0.25) is 0 Å². The topological polar surface area (TPSA) is 156 Å². The third-order valence-corrected chi connectivity index (χ3v) is 9.40. The molecule has 0 radical (unpaired) electrons. The first kappa shape index (κ1) is 34.5. The van der Waals surface area contributed by atoms with Crippen molar-refractivity contribution in [2.75, 3.05) is 27.3 Å². The molecule has 1 N–H and O–H groups in total. The standard InChI is InChI=1S/C34H45NO12/c1-8-9-16-42-30(38)23(45-29(37)19(2)43-31(39)47-32(3,4)5)18-25(36)44-22-12-13-34(40)24-17-20-10-11-21(41-7)27-26(20)33(34,28(22)46-27)14-15-35(24)6/h10-12,19,23-24,28,40H,8-9,13-18H2,1-7H3/t19-,23-,24+,28-,33-,34+/m0/s1. The molecule has 0 aromatic heterocycles. The number of aliphatic hydroxyl groups is 1. The number of unbranched alkanes of at least 4 members (excludes halogenated alkanes) is 1. The lowest BCUT2D eigenvalue weighted by Gasteiger charge is -2.61. The smallest absolute Gasteiger partial charge is 0.493 e. The third kappa shape index (κ3) is 6.27. The largest absolute Gasteiger partial charge is 0.509 e. The summed E-state index contributed by atoms with van der Waals surface area (Å²) in [5.41, 5.74) is -1.04. The van der Waals surface area contributed by atoms with Crippen LogP contribution in [0.25, 0.3) is 0 Å². The minimum atomic E-state index is -1.67. The van der Waals surface area contributed by atoms with E-state index in [1.165, 1.54) is 6.92 Å². The molecule has 0 amide bonds. The van der Waals surface area contributed by atoms with Gasteiger partial charge in [-0.1, -0.05) is 19.4 Å². The number of esters is 3. The zero-order valence-corrected chi connectivity index (χ0v) is 28.1. The molecule has 1 spiro atoms. The summed E-state index contributed by atoms with van der Waals surface area (Å²) in [6.07, 6.45) is -1.38. The lowest BCUT2D eigenvalue weighted by molar-refractivity contribution is -0.178. The van der Waals surface area contributed by atoms with Gasteiger partial charge in [-0.2, -0.15) is 0 Å². The highest BCUT2D eigenvalue weighted by molar-refractivity contribution is 5.86. The number of likely N-dealkylation sites (N-methyl/N-ethyl adjacent to an activating group) is 1. The van der Waals surface area contributed by atoms with E-state index in [4.69, 9.17) is 33.2 Å². The van der Waals surface area contributed by atoms with Gasteiger partial charge in [-0.25, -0.2) is 14.4 Å². The quantitative estimate of drug-likeness (QED) is 0.209. The van der Waals surface area contributed by atoms with E-state index >= 15 is 0 Å². The molecule has 6 atom stereocenters. The number of carbonyl (C=O) groups excluding carboxylic acids is 4. The molecular formula is C34H45NO12. The van der Waals surface area contributed by atoms with Gasteiger partial charge in [0.2, 0.25) is 6.10 Å². The number of nitrogens with zero attached hydrogens (tertiary/aromatic N) is 1. The highest BCUT2D eigenvalue weighted by Crippen LogP contribution is 2.65. The number of likely N-dealkylation sites (tertiary alicyclic amines) is 1. The van der Waals surface area contributed by atoms with E-state index in [0.717, 1.165) is 17.5 Å². The van der Waals surface area contributed by atoms with Crippen molar-refractivity contribution in [2.24, 2.45) is 0 Å². The maximum Gasteiger partial charge on any atom is 0.509 e. The highest BCUT2D eigenvalue weighted by atomic mass is 16.7. The number of hydrogen-bond donors (Lipinski definition) is 1. The highest BCUT2D eigenvalue weighted by Gasteiger charge is 2.72. The van der Waals surface area contributed by atoms with E-state index in [1.807, 2.05) is 26.1 Å². The Bertz CT molecular complexity index is 1450. The molecule has 258 valence electrons. The van der Waals surface area contributed by atoms with Crippen LogP contribution in [0.15, 0.2) is 24.0 Å². The Kier molecular flexibility index (Phi) is 9.53. The molecule has 4 aliphatic rings. The predicted octanol–water partition coefficient (Wildman–Crippen LogP) is 3.50. The molecule has 1 fully saturated rings. The van der Waals surface area contributed by atoms with Gasteiger partial charge in [-0.05, 0) is 78.3 Å². The molecule has 1 aromatic rings. The van der Waals surface area contributed by atoms with Crippen molar-refractivity contribution in [3.63, 3.8) is 0 Å². The Morgan fingerprint density at radius 1 is 1.15 bits per heavy atom. The van der Waals surface area contributed by atoms with Gasteiger partial charge in [0.05, 0.1) is 31.2 Å². The average molecular weight is 660 g/mol. The van der Waals surface area contributed by atoms with Gasteiger partial charge in [0.15, 0.2) is 23.7 Å². The summed E-state index contributed by atoms with van der Waals surface area (Å²) in [7, 11) is 3.54. The van der Waals surface area contributed by atoms with E-state index in [-0.39, 0.29) is 24.8 Å². The third-order valence-electron chi connectivity index (χ3n) is 9.40. The van der Waals surface area contributed by atoms with Gasteiger partial charge < -0.3 is 43.2 Å². The van der Waals surface area contributed by atoms with Gasteiger partial charge in [-0.3, -0.25) is 4.79 Å². The Morgan fingerprint density at radius 3 is 2.57 bits per heavy atom. The van der Waals surface area contributed by atoms with Crippen molar-refractivity contribution < 1.29 is 57.4 Å². The zero-order valence-electron chi connectivity index (χ0n) is 28.1. The maximum atomic E-state index is 13.5. The number of benzene rings is 1. The van der Waals surface area contributed by atoms with E-state index in [2.05, 4.69) is 4.90 Å². The van der Waals surface area contributed by atoms with Crippen LogP contribution in [0, 0.1) is 0 Å².